The molecule has 2 amide bonds. The Morgan fingerprint density at radius 2 is 1.71 bits per heavy atom. The molecule has 1 saturated carbocycles. The summed E-state index contributed by atoms with van der Waals surface area (Å²) in [7, 11) is 0. The first-order chi connectivity index (χ1) is 7.85. The van der Waals surface area contributed by atoms with Gasteiger partial charge in [0.25, 0.3) is 0 Å². The molecule has 2 rings (SSSR count). The highest BCUT2D eigenvalue weighted by molar-refractivity contribution is 5.88. The number of nitrogens with zero attached hydrogens (tertiary/aromatic N) is 1. The van der Waals surface area contributed by atoms with E-state index in [2.05, 4.69) is 5.32 Å². The summed E-state index contributed by atoms with van der Waals surface area (Å²) in [4.78, 5) is 24.3. The molecule has 0 atom stereocenters. The molecular formula is C11H18N2O4. The molecule has 6 nitrogen and oxygen atoms in total. The average molecular weight is 242 g/mol. The number of likely N-dealkylation sites (tertiary alicyclic amines) is 1. The highest BCUT2D eigenvalue weighted by atomic mass is 16.4. The zero-order chi connectivity index (χ0) is 12.7. The second kappa shape index (κ2) is 3.87. The van der Waals surface area contributed by atoms with Crippen molar-refractivity contribution in [3.63, 3.8) is 0 Å². The first kappa shape index (κ1) is 12.2. The smallest absolute Gasteiger partial charge is 0.329 e. The maximum Gasteiger partial charge on any atom is 0.329 e. The molecule has 0 aromatic carbocycles. The number of rotatable bonds is 2. The number of urea groups is 1. The van der Waals surface area contributed by atoms with Crippen molar-refractivity contribution in [2.45, 2.75) is 43.7 Å². The van der Waals surface area contributed by atoms with Crippen molar-refractivity contribution >= 4 is 12.0 Å². The van der Waals surface area contributed by atoms with Crippen LogP contribution in [0.3, 0.4) is 0 Å². The van der Waals surface area contributed by atoms with Gasteiger partial charge in [-0.25, -0.2) is 9.59 Å². The number of hydrogen-bond acceptors (Lipinski definition) is 3. The van der Waals surface area contributed by atoms with Gasteiger partial charge in [0.1, 0.15) is 5.54 Å². The predicted molar refractivity (Wildman–Crippen MR) is 59.6 cm³/mol. The number of piperidine rings is 1. The van der Waals surface area contributed by atoms with E-state index >= 15 is 0 Å². The quantitative estimate of drug-likeness (QED) is 0.643. The van der Waals surface area contributed by atoms with Gasteiger partial charge in [-0.1, -0.05) is 0 Å². The highest BCUT2D eigenvalue weighted by Gasteiger charge is 2.52. The van der Waals surface area contributed by atoms with Crippen molar-refractivity contribution in [3.05, 3.63) is 0 Å². The Bertz CT molecular complexity index is 339. The van der Waals surface area contributed by atoms with Crippen LogP contribution in [0, 0.1) is 0 Å². The molecule has 0 spiro atoms. The van der Waals surface area contributed by atoms with E-state index < -0.39 is 17.1 Å². The molecule has 2 fully saturated rings. The first-order valence-electron chi connectivity index (χ1n) is 5.88. The largest absolute Gasteiger partial charge is 0.480 e. The third-order valence-electron chi connectivity index (χ3n) is 3.63. The van der Waals surface area contributed by atoms with Crippen LogP contribution in [0.1, 0.15) is 32.6 Å². The van der Waals surface area contributed by atoms with Crippen LogP contribution in [-0.2, 0) is 4.79 Å². The van der Waals surface area contributed by atoms with Crippen molar-refractivity contribution in [1.29, 1.82) is 0 Å². The van der Waals surface area contributed by atoms with Gasteiger partial charge in [-0.2, -0.15) is 0 Å². The lowest BCUT2D eigenvalue weighted by molar-refractivity contribution is -0.140. The number of carbonyl (C=O) groups is 2. The topological polar surface area (TPSA) is 89.9 Å². The van der Waals surface area contributed by atoms with Gasteiger partial charge in [-0.05, 0) is 32.6 Å². The number of carboxylic acid groups (broad SMARTS) is 1. The molecule has 2 aliphatic rings. The van der Waals surface area contributed by atoms with Gasteiger partial charge < -0.3 is 20.4 Å². The van der Waals surface area contributed by atoms with Crippen LogP contribution in [0.15, 0.2) is 0 Å². The third-order valence-corrected chi connectivity index (χ3v) is 3.63. The van der Waals surface area contributed by atoms with E-state index in [-0.39, 0.29) is 6.03 Å². The molecule has 1 aliphatic carbocycles. The summed E-state index contributed by atoms with van der Waals surface area (Å²) in [6, 6.07) is -0.333. The Morgan fingerprint density at radius 1 is 1.18 bits per heavy atom. The minimum atomic E-state index is -1.03. The van der Waals surface area contributed by atoms with Crippen molar-refractivity contribution in [2.24, 2.45) is 0 Å². The molecule has 1 heterocycles. The fourth-order valence-corrected chi connectivity index (χ4v) is 1.99. The second-order valence-corrected chi connectivity index (χ2v) is 5.30. The molecule has 96 valence electrons. The number of aliphatic carboxylic acids is 1. The number of hydrogen-bond donors (Lipinski definition) is 3. The Labute approximate surface area is 99.6 Å². The van der Waals surface area contributed by atoms with Crippen LogP contribution < -0.4 is 5.32 Å². The Morgan fingerprint density at radius 3 is 2.12 bits per heavy atom. The zero-order valence-electron chi connectivity index (χ0n) is 9.90. The van der Waals surface area contributed by atoms with Gasteiger partial charge in [-0.15, -0.1) is 0 Å². The lowest BCUT2D eigenvalue weighted by atomic mass is 9.94. The average Bonchev–Trinajstić information content (AvgIpc) is 2.98. The molecule has 1 aliphatic heterocycles. The minimum Gasteiger partial charge on any atom is -0.480 e. The summed E-state index contributed by atoms with van der Waals surface area (Å²) in [5.74, 6) is -0.963. The third kappa shape index (κ3) is 2.52. The molecule has 0 unspecified atom stereocenters. The molecule has 17 heavy (non-hydrogen) atoms. The van der Waals surface area contributed by atoms with Crippen molar-refractivity contribution < 1.29 is 19.8 Å². The molecule has 0 aromatic rings. The van der Waals surface area contributed by atoms with Gasteiger partial charge in [0.05, 0.1) is 5.60 Å². The number of amides is 2. The normalized spacial score (nSPS) is 25.2. The van der Waals surface area contributed by atoms with Gasteiger partial charge >= 0.3 is 12.0 Å². The van der Waals surface area contributed by atoms with E-state index in [9.17, 15) is 14.7 Å². The number of carboxylic acids is 1. The van der Waals surface area contributed by atoms with E-state index in [1.807, 2.05) is 0 Å². The molecule has 0 bridgehead atoms. The maximum atomic E-state index is 11.8. The standard InChI is InChI=1S/C11H18N2O4/c1-10(17)4-6-13(7-5-10)9(16)12-11(2-3-11)8(14)15/h17H,2-7H2,1H3,(H,12,16)(H,14,15). The Kier molecular flexibility index (Phi) is 2.77. The molecule has 3 N–H and O–H groups in total. The molecule has 0 aromatic heterocycles. The summed E-state index contributed by atoms with van der Waals surface area (Å²) in [6.45, 7) is 2.69. The van der Waals surface area contributed by atoms with Crippen LogP contribution in [-0.4, -0.2) is 51.3 Å². The van der Waals surface area contributed by atoms with Crippen molar-refractivity contribution in [1.82, 2.24) is 10.2 Å². The highest BCUT2D eigenvalue weighted by Crippen LogP contribution is 2.35. The van der Waals surface area contributed by atoms with Gasteiger partial charge in [0, 0.05) is 13.1 Å². The number of nitrogens with one attached hydrogen (secondary N) is 1. The van der Waals surface area contributed by atoms with Gasteiger partial charge in [0.2, 0.25) is 0 Å². The summed E-state index contributed by atoms with van der Waals surface area (Å²) >= 11 is 0. The van der Waals surface area contributed by atoms with Crippen LogP contribution in [0.25, 0.3) is 0 Å². The zero-order valence-corrected chi connectivity index (χ0v) is 9.90. The van der Waals surface area contributed by atoms with Crippen molar-refractivity contribution in [2.75, 3.05) is 13.1 Å². The fraction of sp³-hybridized carbons (Fsp3) is 0.818. The van der Waals surface area contributed by atoms with E-state index in [1.165, 1.54) is 0 Å². The summed E-state index contributed by atoms with van der Waals surface area (Å²) < 4.78 is 0. The maximum absolute atomic E-state index is 11.8. The lowest BCUT2D eigenvalue weighted by Crippen LogP contribution is -2.53. The lowest BCUT2D eigenvalue weighted by Gasteiger charge is -2.36. The van der Waals surface area contributed by atoms with Crippen LogP contribution in [0.4, 0.5) is 4.79 Å². The summed E-state index contributed by atoms with van der Waals surface area (Å²) in [6.07, 6.45) is 2.06. The second-order valence-electron chi connectivity index (χ2n) is 5.30. The Balaban J connectivity index is 1.88. The van der Waals surface area contributed by atoms with Crippen LogP contribution in [0.5, 0.6) is 0 Å². The summed E-state index contributed by atoms with van der Waals surface area (Å²) in [5, 5.41) is 21.3. The van der Waals surface area contributed by atoms with E-state index in [0.29, 0.717) is 38.8 Å². The number of aliphatic hydroxyl groups is 1. The fourth-order valence-electron chi connectivity index (χ4n) is 1.99. The molecule has 1 saturated heterocycles. The van der Waals surface area contributed by atoms with E-state index in [4.69, 9.17) is 5.11 Å². The van der Waals surface area contributed by atoms with Crippen molar-refractivity contribution in [3.8, 4) is 0 Å². The van der Waals surface area contributed by atoms with Gasteiger partial charge in [0.15, 0.2) is 0 Å². The SMILES string of the molecule is CC1(O)CCN(C(=O)NC2(C(=O)O)CC2)CC1. The van der Waals surface area contributed by atoms with Crippen LogP contribution >= 0.6 is 0 Å². The predicted octanol–water partition coefficient (Wildman–Crippen LogP) is 0.160. The first-order valence-corrected chi connectivity index (χ1v) is 5.88. The van der Waals surface area contributed by atoms with E-state index in [0.717, 1.165) is 0 Å². The molecule has 6 heteroatoms. The summed E-state index contributed by atoms with van der Waals surface area (Å²) in [5.41, 5.74) is -1.74. The monoisotopic (exact) mass is 242 g/mol. The molecule has 0 radical (unpaired) electrons. The minimum absolute atomic E-state index is 0.333. The molecular weight excluding hydrogens is 224 g/mol. The van der Waals surface area contributed by atoms with Gasteiger partial charge in [-0.3, -0.25) is 0 Å². The Hall–Kier alpha value is -1.30. The van der Waals surface area contributed by atoms with E-state index in [1.54, 1.807) is 11.8 Å². The number of carbonyl (C=O) groups excluding carboxylic acids is 1. The van der Waals surface area contributed by atoms with Crippen LogP contribution in [0.2, 0.25) is 0 Å².